The summed E-state index contributed by atoms with van der Waals surface area (Å²) in [5, 5.41) is 0. The molecule has 0 saturated carbocycles. The molecule has 5 heteroatoms. The van der Waals surface area contributed by atoms with Crippen LogP contribution >= 0.6 is 0 Å². The van der Waals surface area contributed by atoms with E-state index in [1.165, 1.54) is 11.1 Å². The fraction of sp³-hybridized carbons (Fsp3) is 0.219. The topological polar surface area (TPSA) is 36.0 Å². The van der Waals surface area contributed by atoms with Gasteiger partial charge in [0.15, 0.2) is 0 Å². The molecule has 1 heterocycles. The lowest BCUT2D eigenvalue weighted by molar-refractivity contribution is -0.119. The summed E-state index contributed by atoms with van der Waals surface area (Å²) >= 11 is 0. The largest absolute Gasteiger partial charge is 0.497 e. The van der Waals surface area contributed by atoms with Crippen LogP contribution in [-0.2, 0) is 4.79 Å². The van der Waals surface area contributed by atoms with Crippen LogP contribution in [0.2, 0.25) is 0 Å². The van der Waals surface area contributed by atoms with Crippen molar-refractivity contribution in [3.8, 4) is 5.75 Å². The number of rotatable bonds is 8. The summed E-state index contributed by atoms with van der Waals surface area (Å²) in [5.41, 5.74) is 4.30. The van der Waals surface area contributed by atoms with Crippen LogP contribution in [-0.4, -0.2) is 55.5 Å². The molecule has 188 valence electrons. The van der Waals surface area contributed by atoms with Gasteiger partial charge in [-0.2, -0.15) is 0 Å². The van der Waals surface area contributed by atoms with E-state index in [9.17, 15) is 4.79 Å². The van der Waals surface area contributed by atoms with E-state index in [0.717, 1.165) is 43.3 Å². The quantitative estimate of drug-likeness (QED) is 0.314. The van der Waals surface area contributed by atoms with E-state index >= 15 is 0 Å². The molecule has 4 aromatic carbocycles. The van der Waals surface area contributed by atoms with Crippen molar-refractivity contribution in [1.29, 1.82) is 0 Å². The zero-order chi connectivity index (χ0) is 25.5. The maximum Gasteiger partial charge on any atom is 0.245 e. The summed E-state index contributed by atoms with van der Waals surface area (Å²) < 4.78 is 5.38. The van der Waals surface area contributed by atoms with Gasteiger partial charge in [-0.15, -0.1) is 0 Å². The second kappa shape index (κ2) is 11.9. The average molecular weight is 492 g/mol. The third-order valence-corrected chi connectivity index (χ3v) is 6.96. The standard InChI is InChI=1S/C32H33N3O2/c1-37-30-19-17-27(18-20-30)32(26-11-5-2-6-12-26)34-23-21-33(22-24-34)25-31(36)35(28-13-7-3-8-14-28)29-15-9-4-10-16-29/h2-20,32H,21-25H2,1H3. The van der Waals surface area contributed by atoms with Gasteiger partial charge in [0, 0.05) is 37.6 Å². The summed E-state index contributed by atoms with van der Waals surface area (Å²) in [6.07, 6.45) is 0. The molecular formula is C32H33N3O2. The first-order valence-corrected chi connectivity index (χ1v) is 12.8. The van der Waals surface area contributed by atoms with Gasteiger partial charge >= 0.3 is 0 Å². The SMILES string of the molecule is COc1ccc(C(c2ccccc2)N2CCN(CC(=O)N(c3ccccc3)c3ccccc3)CC2)cc1. The first-order chi connectivity index (χ1) is 18.2. The van der Waals surface area contributed by atoms with Gasteiger partial charge in [0.2, 0.25) is 5.91 Å². The Morgan fingerprint density at radius 3 is 1.70 bits per heavy atom. The highest BCUT2D eigenvalue weighted by Crippen LogP contribution is 2.31. The number of piperazine rings is 1. The van der Waals surface area contributed by atoms with Crippen molar-refractivity contribution in [3.05, 3.63) is 126 Å². The highest BCUT2D eigenvalue weighted by Gasteiger charge is 2.28. The van der Waals surface area contributed by atoms with E-state index in [0.29, 0.717) is 6.54 Å². The first-order valence-electron chi connectivity index (χ1n) is 12.8. The van der Waals surface area contributed by atoms with Crippen LogP contribution in [0, 0.1) is 0 Å². The van der Waals surface area contributed by atoms with Gasteiger partial charge < -0.3 is 4.74 Å². The van der Waals surface area contributed by atoms with Gasteiger partial charge in [-0.25, -0.2) is 0 Å². The molecule has 0 bridgehead atoms. The molecule has 37 heavy (non-hydrogen) atoms. The molecule has 5 rings (SSSR count). The number of para-hydroxylation sites is 2. The van der Waals surface area contributed by atoms with E-state index in [4.69, 9.17) is 4.74 Å². The number of nitrogens with zero attached hydrogens (tertiary/aromatic N) is 3. The molecule has 1 atom stereocenters. The minimum absolute atomic E-state index is 0.0839. The predicted molar refractivity (Wildman–Crippen MR) is 149 cm³/mol. The van der Waals surface area contributed by atoms with Crippen molar-refractivity contribution in [2.75, 3.05) is 44.7 Å². The lowest BCUT2D eigenvalue weighted by Gasteiger charge is -2.40. The molecular weight excluding hydrogens is 458 g/mol. The summed E-state index contributed by atoms with van der Waals surface area (Å²) in [6.45, 7) is 3.83. The normalized spacial score (nSPS) is 15.2. The molecule has 0 spiro atoms. The van der Waals surface area contributed by atoms with Crippen molar-refractivity contribution in [1.82, 2.24) is 9.80 Å². The molecule has 1 aliphatic rings. The molecule has 1 aliphatic heterocycles. The van der Waals surface area contributed by atoms with Crippen molar-refractivity contribution >= 4 is 17.3 Å². The number of methoxy groups -OCH3 is 1. The van der Waals surface area contributed by atoms with Gasteiger partial charge in [-0.3, -0.25) is 19.5 Å². The lowest BCUT2D eigenvalue weighted by atomic mass is 9.96. The van der Waals surface area contributed by atoms with Crippen LogP contribution in [0.25, 0.3) is 0 Å². The van der Waals surface area contributed by atoms with E-state index in [2.05, 4.69) is 52.3 Å². The fourth-order valence-electron chi connectivity index (χ4n) is 5.07. The summed E-state index contributed by atoms with van der Waals surface area (Å²) in [4.78, 5) is 20.2. The zero-order valence-corrected chi connectivity index (χ0v) is 21.2. The molecule has 0 aromatic heterocycles. The summed E-state index contributed by atoms with van der Waals surface area (Å²) in [7, 11) is 1.70. The van der Waals surface area contributed by atoms with Crippen LogP contribution < -0.4 is 9.64 Å². The molecule has 1 fully saturated rings. The predicted octanol–water partition coefficient (Wildman–Crippen LogP) is 5.77. The van der Waals surface area contributed by atoms with E-state index in [1.807, 2.05) is 77.7 Å². The number of benzene rings is 4. The second-order valence-electron chi connectivity index (χ2n) is 9.30. The number of carbonyl (C=O) groups excluding carboxylic acids is 1. The Balaban J connectivity index is 1.30. The van der Waals surface area contributed by atoms with Crippen molar-refractivity contribution in [3.63, 3.8) is 0 Å². The van der Waals surface area contributed by atoms with Gasteiger partial charge in [-0.1, -0.05) is 78.9 Å². The lowest BCUT2D eigenvalue weighted by Crippen LogP contribution is -2.50. The van der Waals surface area contributed by atoms with Crippen LogP contribution in [0.4, 0.5) is 11.4 Å². The smallest absolute Gasteiger partial charge is 0.245 e. The molecule has 0 N–H and O–H groups in total. The van der Waals surface area contributed by atoms with Gasteiger partial charge in [-0.05, 0) is 47.5 Å². The number of hydrogen-bond acceptors (Lipinski definition) is 4. The monoisotopic (exact) mass is 491 g/mol. The number of ether oxygens (including phenoxy) is 1. The van der Waals surface area contributed by atoms with Crippen LogP contribution in [0.5, 0.6) is 5.75 Å². The van der Waals surface area contributed by atoms with E-state index in [1.54, 1.807) is 7.11 Å². The third kappa shape index (κ3) is 5.91. The van der Waals surface area contributed by atoms with Crippen molar-refractivity contribution < 1.29 is 9.53 Å². The van der Waals surface area contributed by atoms with E-state index in [-0.39, 0.29) is 11.9 Å². The van der Waals surface area contributed by atoms with Gasteiger partial charge in [0.1, 0.15) is 5.75 Å². The molecule has 1 saturated heterocycles. The van der Waals surface area contributed by atoms with Crippen LogP contribution in [0.1, 0.15) is 17.2 Å². The minimum atomic E-state index is 0.0839. The van der Waals surface area contributed by atoms with Gasteiger partial charge in [0.05, 0.1) is 19.7 Å². The number of hydrogen-bond donors (Lipinski definition) is 0. The zero-order valence-electron chi connectivity index (χ0n) is 21.2. The van der Waals surface area contributed by atoms with E-state index < -0.39 is 0 Å². The highest BCUT2D eigenvalue weighted by atomic mass is 16.5. The van der Waals surface area contributed by atoms with Crippen molar-refractivity contribution in [2.45, 2.75) is 6.04 Å². The summed E-state index contributed by atoms with van der Waals surface area (Å²) in [6, 6.07) is 39.0. The molecule has 5 nitrogen and oxygen atoms in total. The molecule has 0 aliphatic carbocycles. The highest BCUT2D eigenvalue weighted by molar-refractivity contribution is 6.01. The van der Waals surface area contributed by atoms with Crippen LogP contribution in [0.15, 0.2) is 115 Å². The fourth-order valence-corrected chi connectivity index (χ4v) is 5.07. The third-order valence-electron chi connectivity index (χ3n) is 6.96. The number of carbonyl (C=O) groups is 1. The molecule has 4 aromatic rings. The maximum atomic E-state index is 13.6. The molecule has 1 unspecified atom stereocenters. The minimum Gasteiger partial charge on any atom is -0.497 e. The number of anilines is 2. The maximum absolute atomic E-state index is 13.6. The Labute approximate surface area is 219 Å². The Kier molecular flexibility index (Phi) is 7.94. The molecule has 0 radical (unpaired) electrons. The average Bonchev–Trinajstić information content (AvgIpc) is 2.96. The summed E-state index contributed by atoms with van der Waals surface area (Å²) in [5.74, 6) is 0.945. The van der Waals surface area contributed by atoms with Crippen LogP contribution in [0.3, 0.4) is 0 Å². The number of amides is 1. The second-order valence-corrected chi connectivity index (χ2v) is 9.30. The Hall–Kier alpha value is -3.93. The first kappa shape index (κ1) is 24.8. The Morgan fingerprint density at radius 2 is 1.19 bits per heavy atom. The van der Waals surface area contributed by atoms with Gasteiger partial charge in [0.25, 0.3) is 0 Å². The molecule has 1 amide bonds. The Bertz CT molecular complexity index is 1220. The Morgan fingerprint density at radius 1 is 0.703 bits per heavy atom. The van der Waals surface area contributed by atoms with Crippen molar-refractivity contribution in [2.24, 2.45) is 0 Å².